The molecule has 74 heavy (non-hydrogen) atoms. The fourth-order valence-electron chi connectivity index (χ4n) is 14.4. The molecular formula is C51H86O23. The van der Waals surface area contributed by atoms with Gasteiger partial charge in [0, 0.05) is 0 Å². The van der Waals surface area contributed by atoms with Gasteiger partial charge in [0.05, 0.1) is 43.7 Å². The Bertz CT molecular complexity index is 1880. The van der Waals surface area contributed by atoms with Gasteiger partial charge in [0.1, 0.15) is 85.5 Å². The second kappa shape index (κ2) is 23.1. The Labute approximate surface area is 431 Å². The molecule has 23 nitrogen and oxygen atoms in total. The molecule has 11 unspecified atom stereocenters. The molecule has 0 aromatic heterocycles. The van der Waals surface area contributed by atoms with Crippen molar-refractivity contribution in [2.45, 2.75) is 240 Å². The van der Waals surface area contributed by atoms with Crippen LogP contribution in [0.5, 0.6) is 0 Å². The third-order valence-electron chi connectivity index (χ3n) is 19.3. The van der Waals surface area contributed by atoms with E-state index in [0.29, 0.717) is 38.5 Å². The minimum atomic E-state index is -1.99. The lowest BCUT2D eigenvalue weighted by atomic mass is 9.46. The first-order chi connectivity index (χ1) is 34.8. The van der Waals surface area contributed by atoms with Crippen LogP contribution in [0, 0.1) is 46.3 Å². The lowest BCUT2D eigenvalue weighted by molar-refractivity contribution is -0.400. The largest absolute Gasteiger partial charge is 0.394 e. The maximum Gasteiger partial charge on any atom is 0.189 e. The zero-order chi connectivity index (χ0) is 54.1. The fraction of sp³-hybridized carbons (Fsp3) is 0.961. The summed E-state index contributed by atoms with van der Waals surface area (Å²) in [6.45, 7) is 10.6. The highest BCUT2D eigenvalue weighted by Gasteiger charge is 2.64. The predicted octanol–water partition coefficient (Wildman–Crippen LogP) is -3.03. The van der Waals surface area contributed by atoms with E-state index in [2.05, 4.69) is 19.9 Å². The maximum atomic E-state index is 12.1. The summed E-state index contributed by atoms with van der Waals surface area (Å²) in [7, 11) is 0. The minimum absolute atomic E-state index is 0.0972. The van der Waals surface area contributed by atoms with E-state index in [4.69, 9.17) is 37.9 Å². The zero-order valence-corrected chi connectivity index (χ0v) is 43.2. The van der Waals surface area contributed by atoms with E-state index in [9.17, 15) is 76.6 Å². The molecule has 31 atom stereocenters. The molecular weight excluding hydrogens is 981 g/mol. The maximum absolute atomic E-state index is 12.1. The second-order valence-corrected chi connectivity index (χ2v) is 23.9. The summed E-state index contributed by atoms with van der Waals surface area (Å²) >= 11 is 0. The molecule has 0 aromatic carbocycles. The highest BCUT2D eigenvalue weighted by molar-refractivity contribution is 5.26. The number of ether oxygens (including phenoxy) is 8. The van der Waals surface area contributed by atoms with E-state index >= 15 is 0 Å². The smallest absolute Gasteiger partial charge is 0.189 e. The highest BCUT2D eigenvalue weighted by atomic mass is 16.8. The van der Waals surface area contributed by atoms with E-state index in [1.165, 1.54) is 12.5 Å². The van der Waals surface area contributed by atoms with Gasteiger partial charge in [-0.15, -0.1) is 0 Å². The topological polar surface area (TPSA) is 377 Å². The number of hydrogen-bond donors (Lipinski definition) is 15. The Balaban J connectivity index is 0.925. The molecule has 4 saturated heterocycles. The molecule has 8 rings (SSSR count). The third-order valence-corrected chi connectivity index (χ3v) is 19.3. The van der Waals surface area contributed by atoms with Crippen molar-refractivity contribution in [3.05, 3.63) is 11.6 Å². The van der Waals surface area contributed by atoms with Gasteiger partial charge in [-0.05, 0) is 118 Å². The zero-order valence-electron chi connectivity index (χ0n) is 43.2. The molecule has 4 heterocycles. The molecule has 4 aliphatic heterocycles. The Morgan fingerprint density at radius 2 is 1.27 bits per heavy atom. The molecule has 0 spiro atoms. The Kier molecular flexibility index (Phi) is 18.4. The molecule has 0 aromatic rings. The average Bonchev–Trinajstić information content (AvgIpc) is 3.64. The van der Waals surface area contributed by atoms with Crippen molar-refractivity contribution in [3.63, 3.8) is 0 Å². The van der Waals surface area contributed by atoms with E-state index in [1.54, 1.807) is 0 Å². The number of fused-ring (bicyclic) bond motifs is 5. The Morgan fingerprint density at radius 3 is 1.95 bits per heavy atom. The lowest BCUT2D eigenvalue weighted by Gasteiger charge is -2.59. The van der Waals surface area contributed by atoms with Gasteiger partial charge >= 0.3 is 0 Å². The molecule has 23 heteroatoms. The summed E-state index contributed by atoms with van der Waals surface area (Å²) in [5.74, 6) is 0.181. The SMILES string of the molecule is CC1O[C@@H](O[C@@H]2C(CO)O[C@@H](OC3CC[C@@]4(C)C(=CC[C@H]5[C@@H]6CC(O)[C@H]([C@H](C)C(C)(O)CC[C@@H](C)CO[C@@H]7OC(CO)[C@@H](O)C(O)[C@@H]7O)[C@@]6(C)CC[C@@H]54)C3)[C@@H](O[C@@H]3OC(O)[C@H](O)C(O)[C@@H]3O)C2O)[C@@H](O)C(O)[C@H]1O. The van der Waals surface area contributed by atoms with Gasteiger partial charge < -0.3 is 114 Å². The van der Waals surface area contributed by atoms with Gasteiger partial charge in [-0.1, -0.05) is 39.3 Å². The van der Waals surface area contributed by atoms with Crippen molar-refractivity contribution in [2.75, 3.05) is 19.8 Å². The van der Waals surface area contributed by atoms with Gasteiger partial charge in [0.15, 0.2) is 31.5 Å². The predicted molar refractivity (Wildman–Crippen MR) is 252 cm³/mol. The number of rotatable bonds is 16. The summed E-state index contributed by atoms with van der Waals surface area (Å²) in [6.07, 6.45) is -24.8. The van der Waals surface area contributed by atoms with Gasteiger partial charge in [-0.25, -0.2) is 0 Å². The fourth-order valence-corrected chi connectivity index (χ4v) is 14.4. The summed E-state index contributed by atoms with van der Waals surface area (Å²) in [5.41, 5.74) is -0.449. The van der Waals surface area contributed by atoms with Crippen molar-refractivity contribution < 1.29 is 114 Å². The van der Waals surface area contributed by atoms with Gasteiger partial charge in [0.2, 0.25) is 0 Å². The molecule has 15 N–H and O–H groups in total. The summed E-state index contributed by atoms with van der Waals surface area (Å²) in [6, 6.07) is 0. The van der Waals surface area contributed by atoms with Crippen molar-refractivity contribution >= 4 is 0 Å². The second-order valence-electron chi connectivity index (χ2n) is 23.9. The van der Waals surface area contributed by atoms with E-state index in [0.717, 1.165) is 19.3 Å². The first kappa shape index (κ1) is 59.0. The van der Waals surface area contributed by atoms with Crippen LogP contribution in [0.15, 0.2) is 11.6 Å². The van der Waals surface area contributed by atoms with Crippen LogP contribution in [0.4, 0.5) is 0 Å². The standard InChI is InChI=1S/C51H86O23/c1-20(19-67-45-38(61)35(58)33(56)29(17-52)70-45)9-14-51(6,66)21(2)31-28(54)16-27-25-8-7-23-15-24(10-12-49(23,4)26(25)11-13-50(27,31)5)69-48-43(73-47-40(63)36(59)37(60)44(65)74-47)41(64)42(30(18-53)71-48)72-46-39(62)34(57)32(55)22(3)68-46/h7,20-22,24-48,52-66H,8-19H2,1-6H3/t20-,21+,22?,24?,25-,26+,27+,28?,29?,30?,31+,32+,33-,34?,35?,36?,37-,38+,39+,40+,41?,42-,43+,44?,45-,46+,47-,48-,49+,50+,51?/m1/s1. The summed E-state index contributed by atoms with van der Waals surface area (Å²) in [4.78, 5) is 0. The average molecular weight is 1070 g/mol. The van der Waals surface area contributed by atoms with Crippen LogP contribution in [0.3, 0.4) is 0 Å². The Hall–Kier alpha value is -1.18. The lowest BCUT2D eigenvalue weighted by Crippen LogP contribution is -2.66. The van der Waals surface area contributed by atoms with E-state index in [1.807, 2.05) is 20.8 Å². The molecule has 7 fully saturated rings. The minimum Gasteiger partial charge on any atom is -0.394 e. The molecule has 0 bridgehead atoms. The first-order valence-electron chi connectivity index (χ1n) is 26.8. The van der Waals surface area contributed by atoms with Crippen molar-refractivity contribution in [1.29, 1.82) is 0 Å². The van der Waals surface area contributed by atoms with Gasteiger partial charge in [-0.3, -0.25) is 0 Å². The van der Waals surface area contributed by atoms with Crippen LogP contribution < -0.4 is 0 Å². The van der Waals surface area contributed by atoms with Crippen LogP contribution in [0.2, 0.25) is 0 Å². The van der Waals surface area contributed by atoms with Crippen LogP contribution in [0.25, 0.3) is 0 Å². The van der Waals surface area contributed by atoms with Crippen molar-refractivity contribution in [3.8, 4) is 0 Å². The summed E-state index contributed by atoms with van der Waals surface area (Å²) < 4.78 is 47.0. The van der Waals surface area contributed by atoms with Crippen molar-refractivity contribution in [2.24, 2.45) is 46.3 Å². The van der Waals surface area contributed by atoms with E-state index in [-0.39, 0.29) is 52.9 Å². The number of aliphatic hydroxyl groups excluding tert-OH is 14. The third kappa shape index (κ3) is 11.0. The monoisotopic (exact) mass is 1070 g/mol. The molecule has 0 amide bonds. The molecule has 428 valence electrons. The molecule has 8 aliphatic rings. The normalized spacial score (nSPS) is 52.5. The van der Waals surface area contributed by atoms with Crippen LogP contribution >= 0.6 is 0 Å². The van der Waals surface area contributed by atoms with Crippen molar-refractivity contribution in [1.82, 2.24) is 0 Å². The highest BCUT2D eigenvalue weighted by Crippen LogP contribution is 2.68. The number of hydrogen-bond acceptors (Lipinski definition) is 23. The number of aliphatic hydroxyl groups is 15. The number of allylic oxidation sites excluding steroid dienone is 1. The van der Waals surface area contributed by atoms with Crippen LogP contribution in [0.1, 0.15) is 99.3 Å². The van der Waals surface area contributed by atoms with E-state index < -0.39 is 154 Å². The molecule has 4 aliphatic carbocycles. The van der Waals surface area contributed by atoms with Crippen LogP contribution in [-0.2, 0) is 37.9 Å². The molecule has 0 radical (unpaired) electrons. The molecule has 3 saturated carbocycles. The van der Waals surface area contributed by atoms with Gasteiger partial charge in [-0.2, -0.15) is 0 Å². The van der Waals surface area contributed by atoms with Gasteiger partial charge in [0.25, 0.3) is 0 Å². The Morgan fingerprint density at radius 1 is 0.662 bits per heavy atom. The quantitative estimate of drug-likeness (QED) is 0.0684. The first-order valence-corrected chi connectivity index (χ1v) is 26.8. The van der Waals surface area contributed by atoms with Crippen LogP contribution in [-0.4, -0.2) is 237 Å². The summed E-state index contributed by atoms with van der Waals surface area (Å²) in [5, 5.41) is 160.